The van der Waals surface area contributed by atoms with Crippen LogP contribution in [-0.4, -0.2) is 20.6 Å². The summed E-state index contributed by atoms with van der Waals surface area (Å²) in [7, 11) is -3.50. The monoisotopic (exact) mass is 279 g/mol. The first-order valence-electron chi connectivity index (χ1n) is 5.67. The molecule has 0 aliphatic heterocycles. The Hall–Kier alpha value is -0.950. The smallest absolute Gasteiger partial charge is 0.241 e. The molecule has 0 amide bonds. The molecule has 0 radical (unpaired) electrons. The van der Waals surface area contributed by atoms with Crippen molar-refractivity contribution in [3.8, 4) is 0 Å². The Bertz CT molecular complexity index is 512. The number of rotatable bonds is 6. The maximum Gasteiger partial charge on any atom is 0.241 e. The van der Waals surface area contributed by atoms with Crippen LogP contribution in [0.5, 0.6) is 0 Å². The van der Waals surface area contributed by atoms with Crippen LogP contribution in [0, 0.1) is 18.8 Å². The number of halogens is 2. The van der Waals surface area contributed by atoms with Gasteiger partial charge in [-0.1, -0.05) is 0 Å². The van der Waals surface area contributed by atoms with Gasteiger partial charge in [0.1, 0.15) is 5.76 Å². The van der Waals surface area contributed by atoms with E-state index in [2.05, 4.69) is 4.72 Å². The lowest BCUT2D eigenvalue weighted by Gasteiger charge is -2.05. The van der Waals surface area contributed by atoms with E-state index >= 15 is 0 Å². The molecule has 1 aliphatic rings. The summed E-state index contributed by atoms with van der Waals surface area (Å²) in [5.41, 5.74) is 0.750. The highest BCUT2D eigenvalue weighted by molar-refractivity contribution is 7.89. The van der Waals surface area contributed by atoms with Crippen LogP contribution in [0.2, 0.25) is 0 Å². The summed E-state index contributed by atoms with van der Waals surface area (Å²) >= 11 is 0. The Kier molecular flexibility index (Phi) is 3.72. The first-order valence-corrected chi connectivity index (χ1v) is 7.33. The molecule has 0 saturated heterocycles. The van der Waals surface area contributed by atoms with Gasteiger partial charge in [-0.3, -0.25) is 0 Å². The lowest BCUT2D eigenvalue weighted by molar-refractivity contribution is 0.117. The molecule has 0 unspecified atom stereocenters. The van der Waals surface area contributed by atoms with Crippen molar-refractivity contribution in [2.75, 3.05) is 5.75 Å². The van der Waals surface area contributed by atoms with Crippen LogP contribution in [0.3, 0.4) is 0 Å². The summed E-state index contributed by atoms with van der Waals surface area (Å²) in [6, 6.07) is 1.68. The first-order chi connectivity index (χ1) is 8.39. The molecule has 0 aromatic carbocycles. The molecular formula is C11H15F2NO3S. The van der Waals surface area contributed by atoms with E-state index in [0.717, 1.165) is 5.56 Å². The highest BCUT2D eigenvalue weighted by atomic mass is 32.2. The lowest BCUT2D eigenvalue weighted by atomic mass is 10.3. The second-order valence-corrected chi connectivity index (χ2v) is 6.45. The maximum absolute atomic E-state index is 12.3. The zero-order valence-corrected chi connectivity index (χ0v) is 10.7. The van der Waals surface area contributed by atoms with E-state index in [1.54, 1.807) is 13.0 Å². The largest absolute Gasteiger partial charge is 0.469 e. The minimum Gasteiger partial charge on any atom is -0.469 e. The minimum absolute atomic E-state index is 0.136. The number of aryl methyl sites for hydroxylation is 1. The van der Waals surface area contributed by atoms with E-state index in [9.17, 15) is 17.2 Å². The van der Waals surface area contributed by atoms with Crippen LogP contribution in [0.15, 0.2) is 16.7 Å². The summed E-state index contributed by atoms with van der Waals surface area (Å²) in [6.45, 7) is 1.87. The SMILES string of the molecule is Cc1occc1CNS(=O)(=O)C[C@@H]1C[C@H]1C(F)F. The molecule has 0 bridgehead atoms. The average molecular weight is 279 g/mol. The van der Waals surface area contributed by atoms with E-state index in [4.69, 9.17) is 4.42 Å². The Balaban J connectivity index is 1.84. The van der Waals surface area contributed by atoms with E-state index < -0.39 is 28.3 Å². The third-order valence-corrected chi connectivity index (χ3v) is 4.63. The van der Waals surface area contributed by atoms with E-state index in [-0.39, 0.29) is 12.3 Å². The molecular weight excluding hydrogens is 264 g/mol. The van der Waals surface area contributed by atoms with Crippen molar-refractivity contribution in [1.29, 1.82) is 0 Å². The summed E-state index contributed by atoms with van der Waals surface area (Å²) in [5, 5.41) is 0. The van der Waals surface area contributed by atoms with Crippen molar-refractivity contribution in [2.45, 2.75) is 26.3 Å². The molecule has 2 rings (SSSR count). The van der Waals surface area contributed by atoms with Crippen LogP contribution in [0.4, 0.5) is 8.78 Å². The molecule has 0 spiro atoms. The fourth-order valence-corrected chi connectivity index (χ4v) is 3.33. The lowest BCUT2D eigenvalue weighted by Crippen LogP contribution is -2.27. The summed E-state index contributed by atoms with van der Waals surface area (Å²) in [4.78, 5) is 0. The van der Waals surface area contributed by atoms with Gasteiger partial charge in [-0.15, -0.1) is 0 Å². The summed E-state index contributed by atoms with van der Waals surface area (Å²) < 4.78 is 55.3. The number of hydrogen-bond donors (Lipinski definition) is 1. The molecule has 1 saturated carbocycles. The fourth-order valence-electron chi connectivity index (χ4n) is 1.89. The maximum atomic E-state index is 12.3. The van der Waals surface area contributed by atoms with Crippen LogP contribution in [0.25, 0.3) is 0 Å². The van der Waals surface area contributed by atoms with Gasteiger partial charge in [-0.25, -0.2) is 21.9 Å². The van der Waals surface area contributed by atoms with Crippen molar-refractivity contribution in [3.05, 3.63) is 23.7 Å². The van der Waals surface area contributed by atoms with Crippen LogP contribution < -0.4 is 4.72 Å². The Labute approximate surface area is 104 Å². The molecule has 18 heavy (non-hydrogen) atoms. The van der Waals surface area contributed by atoms with Crippen LogP contribution in [-0.2, 0) is 16.6 Å². The molecule has 1 aromatic heterocycles. The summed E-state index contributed by atoms with van der Waals surface area (Å²) in [5.74, 6) is -0.737. The third kappa shape index (κ3) is 3.29. The quantitative estimate of drug-likeness (QED) is 0.865. The van der Waals surface area contributed by atoms with Gasteiger partial charge < -0.3 is 4.42 Å². The van der Waals surface area contributed by atoms with Crippen molar-refractivity contribution in [2.24, 2.45) is 11.8 Å². The second kappa shape index (κ2) is 4.97. The highest BCUT2D eigenvalue weighted by Gasteiger charge is 2.46. The molecule has 1 heterocycles. The topological polar surface area (TPSA) is 59.3 Å². The van der Waals surface area contributed by atoms with Crippen LogP contribution >= 0.6 is 0 Å². The Morgan fingerprint density at radius 3 is 2.78 bits per heavy atom. The number of sulfonamides is 1. The molecule has 102 valence electrons. The summed E-state index contributed by atoms with van der Waals surface area (Å²) in [6.07, 6.45) is -0.642. The highest BCUT2D eigenvalue weighted by Crippen LogP contribution is 2.43. The average Bonchev–Trinajstić information content (AvgIpc) is 2.89. The fraction of sp³-hybridized carbons (Fsp3) is 0.636. The van der Waals surface area contributed by atoms with Crippen molar-refractivity contribution in [3.63, 3.8) is 0 Å². The molecule has 7 heteroatoms. The number of hydrogen-bond acceptors (Lipinski definition) is 3. The Morgan fingerprint density at radius 2 is 2.28 bits per heavy atom. The van der Waals surface area contributed by atoms with Crippen LogP contribution in [0.1, 0.15) is 17.7 Å². The molecule has 1 N–H and O–H groups in total. The zero-order valence-electron chi connectivity index (χ0n) is 9.90. The third-order valence-electron chi connectivity index (χ3n) is 3.18. The van der Waals surface area contributed by atoms with Crippen molar-refractivity contribution < 1.29 is 21.6 Å². The van der Waals surface area contributed by atoms with Crippen molar-refractivity contribution >= 4 is 10.0 Å². The van der Waals surface area contributed by atoms with Gasteiger partial charge in [-0.2, -0.15) is 0 Å². The van der Waals surface area contributed by atoms with Crippen molar-refractivity contribution in [1.82, 2.24) is 4.72 Å². The van der Waals surface area contributed by atoms with Gasteiger partial charge in [0.2, 0.25) is 16.4 Å². The predicted octanol–water partition coefficient (Wildman–Crippen LogP) is 1.91. The molecule has 4 nitrogen and oxygen atoms in total. The molecule has 1 aliphatic carbocycles. The van der Waals surface area contributed by atoms with Gasteiger partial charge >= 0.3 is 0 Å². The normalized spacial score (nSPS) is 23.6. The second-order valence-electron chi connectivity index (χ2n) is 4.60. The van der Waals surface area contributed by atoms with Gasteiger partial charge in [0.05, 0.1) is 12.0 Å². The number of furan rings is 1. The van der Waals surface area contributed by atoms with E-state index in [1.165, 1.54) is 6.26 Å². The zero-order chi connectivity index (χ0) is 13.3. The van der Waals surface area contributed by atoms with Gasteiger partial charge in [0, 0.05) is 18.0 Å². The van der Waals surface area contributed by atoms with Gasteiger partial charge in [0.15, 0.2) is 0 Å². The first kappa shape index (κ1) is 13.5. The number of alkyl halides is 2. The van der Waals surface area contributed by atoms with E-state index in [0.29, 0.717) is 12.2 Å². The predicted molar refractivity (Wildman–Crippen MR) is 61.7 cm³/mol. The molecule has 1 fully saturated rings. The van der Waals surface area contributed by atoms with Gasteiger partial charge in [-0.05, 0) is 25.3 Å². The standard InChI is InChI=1S/C11H15F2NO3S/c1-7-8(2-3-17-7)5-14-18(15,16)6-9-4-10(9)11(12)13/h2-3,9-11,14H,4-6H2,1H3/t9-,10+/m0/s1. The minimum atomic E-state index is -3.50. The number of nitrogens with one attached hydrogen (secondary N) is 1. The van der Waals surface area contributed by atoms with Gasteiger partial charge in [0.25, 0.3) is 0 Å². The Morgan fingerprint density at radius 1 is 1.56 bits per heavy atom. The van der Waals surface area contributed by atoms with E-state index in [1.807, 2.05) is 0 Å². The molecule has 1 aromatic rings. The molecule has 2 atom stereocenters.